The molecule has 2 N–H and O–H groups in total. The zero-order chi connectivity index (χ0) is 20.3. The fraction of sp³-hybridized carbons (Fsp3) is 0.150. The van der Waals surface area contributed by atoms with Crippen LogP contribution in [0.2, 0.25) is 0 Å². The molecule has 0 atom stereocenters. The number of esters is 1. The highest BCUT2D eigenvalue weighted by atomic mass is 19.1. The molecule has 0 saturated carbocycles. The highest BCUT2D eigenvalue weighted by molar-refractivity contribution is 6.08. The summed E-state index contributed by atoms with van der Waals surface area (Å²) in [6.45, 7) is 1.79. The number of nitrogens with one attached hydrogen (secondary N) is 2. The number of nitrogens with zero attached hydrogens (tertiary/aromatic N) is 1. The molecule has 2 aromatic carbocycles. The van der Waals surface area contributed by atoms with E-state index in [4.69, 9.17) is 4.74 Å². The van der Waals surface area contributed by atoms with Gasteiger partial charge in [-0.1, -0.05) is 0 Å². The van der Waals surface area contributed by atoms with Crippen molar-refractivity contribution in [3.05, 3.63) is 65.4 Å². The van der Waals surface area contributed by atoms with Crippen molar-refractivity contribution >= 4 is 34.2 Å². The molecular weight excluding hydrogens is 368 g/mol. The first-order valence-corrected chi connectivity index (χ1v) is 8.48. The Hall–Kier alpha value is -3.55. The summed E-state index contributed by atoms with van der Waals surface area (Å²) in [6.07, 6.45) is 1.31. The Morgan fingerprint density at radius 3 is 2.61 bits per heavy atom. The monoisotopic (exact) mass is 385 g/mol. The van der Waals surface area contributed by atoms with Gasteiger partial charge in [0.1, 0.15) is 17.2 Å². The van der Waals surface area contributed by atoms with Crippen LogP contribution in [-0.4, -0.2) is 30.5 Å². The standard InChI is InChI=1S/C20H17F2N3O3/c1-3-28-20(27)14-10-24-16-6-4-11(19(26)23-2)8-13(16)18(14)25-17-7-5-12(21)9-15(17)22/h4-10H,3H2,1-2H3,(H,23,26)(H,24,25). The quantitative estimate of drug-likeness (QED) is 0.653. The van der Waals surface area contributed by atoms with Crippen LogP contribution in [-0.2, 0) is 4.74 Å². The molecule has 144 valence electrons. The van der Waals surface area contributed by atoms with E-state index in [9.17, 15) is 18.4 Å². The maximum atomic E-state index is 14.2. The van der Waals surface area contributed by atoms with Crippen molar-refractivity contribution in [2.24, 2.45) is 0 Å². The molecule has 0 aliphatic rings. The van der Waals surface area contributed by atoms with Gasteiger partial charge in [-0.25, -0.2) is 13.6 Å². The van der Waals surface area contributed by atoms with Crippen LogP contribution in [0.1, 0.15) is 27.6 Å². The molecule has 6 nitrogen and oxygen atoms in total. The molecule has 3 aromatic rings. The minimum Gasteiger partial charge on any atom is -0.462 e. The second kappa shape index (κ2) is 7.99. The number of amides is 1. The summed E-state index contributed by atoms with van der Waals surface area (Å²) in [6, 6.07) is 7.77. The first kappa shape index (κ1) is 19.2. The molecule has 0 unspecified atom stereocenters. The van der Waals surface area contributed by atoms with Crippen LogP contribution in [0.25, 0.3) is 10.9 Å². The lowest BCUT2D eigenvalue weighted by atomic mass is 10.1. The van der Waals surface area contributed by atoms with Gasteiger partial charge in [-0.15, -0.1) is 0 Å². The first-order valence-electron chi connectivity index (χ1n) is 8.48. The van der Waals surface area contributed by atoms with E-state index >= 15 is 0 Å². The van der Waals surface area contributed by atoms with Crippen LogP contribution in [0.4, 0.5) is 20.2 Å². The van der Waals surface area contributed by atoms with Gasteiger partial charge in [-0.05, 0) is 37.3 Å². The third-order valence-electron chi connectivity index (χ3n) is 4.04. The maximum Gasteiger partial charge on any atom is 0.341 e. The zero-order valence-electron chi connectivity index (χ0n) is 15.2. The highest BCUT2D eigenvalue weighted by Crippen LogP contribution is 2.31. The summed E-state index contributed by atoms with van der Waals surface area (Å²) < 4.78 is 32.5. The number of aromatic nitrogens is 1. The predicted molar refractivity (Wildman–Crippen MR) is 101 cm³/mol. The van der Waals surface area contributed by atoms with Crippen LogP contribution < -0.4 is 10.6 Å². The lowest BCUT2D eigenvalue weighted by Gasteiger charge is -2.15. The summed E-state index contributed by atoms with van der Waals surface area (Å²) in [5.41, 5.74) is 1.04. The van der Waals surface area contributed by atoms with Crippen molar-refractivity contribution in [1.29, 1.82) is 0 Å². The van der Waals surface area contributed by atoms with Crippen molar-refractivity contribution in [2.75, 3.05) is 19.0 Å². The van der Waals surface area contributed by atoms with Gasteiger partial charge in [0.05, 0.1) is 23.5 Å². The second-order valence-electron chi connectivity index (χ2n) is 5.83. The van der Waals surface area contributed by atoms with Gasteiger partial charge in [-0.3, -0.25) is 9.78 Å². The van der Waals surface area contributed by atoms with E-state index in [-0.39, 0.29) is 29.5 Å². The first-order chi connectivity index (χ1) is 13.4. The van der Waals surface area contributed by atoms with Crippen LogP contribution in [0.15, 0.2) is 42.6 Å². The van der Waals surface area contributed by atoms with Crippen molar-refractivity contribution < 1.29 is 23.1 Å². The molecule has 3 rings (SSSR count). The van der Waals surface area contributed by atoms with E-state index in [1.165, 1.54) is 25.4 Å². The third kappa shape index (κ3) is 3.75. The average molecular weight is 385 g/mol. The Morgan fingerprint density at radius 1 is 1.14 bits per heavy atom. The fourth-order valence-corrected chi connectivity index (χ4v) is 2.70. The number of carbonyl (C=O) groups is 2. The van der Waals surface area contributed by atoms with Gasteiger partial charge >= 0.3 is 5.97 Å². The summed E-state index contributed by atoms with van der Waals surface area (Å²) in [7, 11) is 1.49. The SMILES string of the molecule is CCOC(=O)c1cnc2ccc(C(=O)NC)cc2c1Nc1ccc(F)cc1F. The van der Waals surface area contributed by atoms with Crippen LogP contribution in [0.3, 0.4) is 0 Å². The smallest absolute Gasteiger partial charge is 0.341 e. The minimum absolute atomic E-state index is 0.0372. The average Bonchev–Trinajstić information content (AvgIpc) is 2.69. The molecule has 0 radical (unpaired) electrons. The molecular formula is C20H17F2N3O3. The molecule has 0 saturated heterocycles. The predicted octanol–water partition coefficient (Wildman–Crippen LogP) is 3.79. The van der Waals surface area contributed by atoms with Gasteiger partial charge in [0.25, 0.3) is 5.91 Å². The third-order valence-corrected chi connectivity index (χ3v) is 4.04. The number of hydrogen-bond acceptors (Lipinski definition) is 5. The van der Waals surface area contributed by atoms with Crippen LogP contribution in [0, 0.1) is 11.6 Å². The zero-order valence-corrected chi connectivity index (χ0v) is 15.2. The maximum absolute atomic E-state index is 14.2. The molecule has 8 heteroatoms. The number of halogens is 2. The van der Waals surface area contributed by atoms with Crippen molar-refractivity contribution in [1.82, 2.24) is 10.3 Å². The number of ether oxygens (including phenoxy) is 1. The number of pyridine rings is 1. The number of fused-ring (bicyclic) bond motifs is 1. The van der Waals surface area contributed by atoms with E-state index in [0.717, 1.165) is 12.1 Å². The lowest BCUT2D eigenvalue weighted by Crippen LogP contribution is -2.17. The van der Waals surface area contributed by atoms with Gasteiger partial charge in [0.15, 0.2) is 0 Å². The number of carbonyl (C=O) groups excluding carboxylic acids is 2. The number of hydrogen-bond donors (Lipinski definition) is 2. The molecule has 28 heavy (non-hydrogen) atoms. The Balaban J connectivity index is 2.22. The number of benzene rings is 2. The van der Waals surface area contributed by atoms with Crippen molar-refractivity contribution in [3.8, 4) is 0 Å². The second-order valence-corrected chi connectivity index (χ2v) is 5.83. The number of anilines is 2. The summed E-state index contributed by atoms with van der Waals surface area (Å²) >= 11 is 0. The molecule has 1 heterocycles. The van der Waals surface area contributed by atoms with Gasteiger partial charge in [0, 0.05) is 30.3 Å². The Bertz CT molecular complexity index is 1070. The Kier molecular flexibility index (Phi) is 5.49. The molecule has 0 bridgehead atoms. The van der Waals surface area contributed by atoms with Crippen LogP contribution >= 0.6 is 0 Å². The Morgan fingerprint density at radius 2 is 1.93 bits per heavy atom. The number of rotatable bonds is 5. The normalized spacial score (nSPS) is 10.6. The minimum atomic E-state index is -0.831. The summed E-state index contributed by atoms with van der Waals surface area (Å²) in [4.78, 5) is 28.6. The molecule has 0 fully saturated rings. The van der Waals surface area contributed by atoms with Crippen molar-refractivity contribution in [2.45, 2.75) is 6.92 Å². The van der Waals surface area contributed by atoms with Gasteiger partial charge in [0.2, 0.25) is 0 Å². The van der Waals surface area contributed by atoms with Crippen LogP contribution in [0.5, 0.6) is 0 Å². The van der Waals surface area contributed by atoms with E-state index < -0.39 is 17.6 Å². The van der Waals surface area contributed by atoms with Gasteiger partial charge in [-0.2, -0.15) is 0 Å². The highest BCUT2D eigenvalue weighted by Gasteiger charge is 2.19. The van der Waals surface area contributed by atoms with E-state index in [0.29, 0.717) is 16.5 Å². The molecule has 0 aliphatic heterocycles. The lowest BCUT2D eigenvalue weighted by molar-refractivity contribution is 0.0527. The van der Waals surface area contributed by atoms with E-state index in [2.05, 4.69) is 15.6 Å². The summed E-state index contributed by atoms with van der Waals surface area (Å²) in [5.74, 6) is -2.55. The topological polar surface area (TPSA) is 80.3 Å². The molecule has 0 aliphatic carbocycles. The molecule has 0 spiro atoms. The molecule has 1 aromatic heterocycles. The fourth-order valence-electron chi connectivity index (χ4n) is 2.70. The Labute approximate surface area is 159 Å². The summed E-state index contributed by atoms with van der Waals surface area (Å²) in [5, 5.41) is 5.75. The largest absolute Gasteiger partial charge is 0.462 e. The van der Waals surface area contributed by atoms with Gasteiger partial charge < -0.3 is 15.4 Å². The van der Waals surface area contributed by atoms with E-state index in [1.807, 2.05) is 0 Å². The molecule has 1 amide bonds. The van der Waals surface area contributed by atoms with E-state index in [1.54, 1.807) is 19.1 Å². The van der Waals surface area contributed by atoms with Crippen molar-refractivity contribution in [3.63, 3.8) is 0 Å².